The Morgan fingerprint density at radius 2 is 2.11 bits per heavy atom. The minimum absolute atomic E-state index is 0.0480. The van der Waals surface area contributed by atoms with E-state index in [2.05, 4.69) is 10.3 Å². The lowest BCUT2D eigenvalue weighted by atomic mass is 9.79. The van der Waals surface area contributed by atoms with Gasteiger partial charge in [-0.1, -0.05) is 0 Å². The van der Waals surface area contributed by atoms with Crippen LogP contribution in [0.1, 0.15) is 42.8 Å². The maximum absolute atomic E-state index is 13.1. The number of hydrogen-bond donors (Lipinski definition) is 1. The molecule has 5 nitrogen and oxygen atoms in total. The van der Waals surface area contributed by atoms with Crippen molar-refractivity contribution in [1.82, 2.24) is 15.2 Å². The number of morpholine rings is 1. The van der Waals surface area contributed by atoms with Crippen molar-refractivity contribution in [1.29, 1.82) is 0 Å². The lowest BCUT2D eigenvalue weighted by Crippen LogP contribution is -2.58. The SMILES string of the molecule is Cc1nc(-c2ccc(F)cc2)sc1C(C)NC(=O)N1CCOC2(CCC2)C1. The van der Waals surface area contributed by atoms with E-state index < -0.39 is 0 Å². The van der Waals surface area contributed by atoms with Crippen LogP contribution in [-0.4, -0.2) is 41.2 Å². The number of carbonyl (C=O) groups is 1. The maximum atomic E-state index is 13.1. The van der Waals surface area contributed by atoms with Crippen LogP contribution in [0.2, 0.25) is 0 Å². The third-order valence-corrected chi connectivity index (χ3v) is 6.85. The van der Waals surface area contributed by atoms with Crippen molar-refractivity contribution in [3.63, 3.8) is 0 Å². The highest BCUT2D eigenvalue weighted by molar-refractivity contribution is 7.15. The molecule has 2 aliphatic rings. The summed E-state index contributed by atoms with van der Waals surface area (Å²) in [6.45, 7) is 5.83. The van der Waals surface area contributed by atoms with Crippen LogP contribution in [0, 0.1) is 12.7 Å². The summed E-state index contributed by atoms with van der Waals surface area (Å²) in [7, 11) is 0. The van der Waals surface area contributed by atoms with Crippen molar-refractivity contribution in [2.75, 3.05) is 19.7 Å². The Kier molecular flexibility index (Phi) is 4.90. The molecule has 1 saturated carbocycles. The van der Waals surface area contributed by atoms with Crippen LogP contribution in [0.3, 0.4) is 0 Å². The Morgan fingerprint density at radius 3 is 2.78 bits per heavy atom. The number of aryl methyl sites for hydroxylation is 1. The van der Waals surface area contributed by atoms with Crippen molar-refractivity contribution < 1.29 is 13.9 Å². The number of halogens is 1. The van der Waals surface area contributed by atoms with Gasteiger partial charge in [0.25, 0.3) is 0 Å². The summed E-state index contributed by atoms with van der Waals surface area (Å²) in [5.41, 5.74) is 1.67. The van der Waals surface area contributed by atoms with Crippen LogP contribution < -0.4 is 5.32 Å². The van der Waals surface area contributed by atoms with Crippen LogP contribution in [0.4, 0.5) is 9.18 Å². The standard InChI is InChI=1S/C20H24FN3O2S/c1-13-17(27-18(22-13)15-4-6-16(21)7-5-15)14(2)23-19(25)24-10-11-26-20(12-24)8-3-9-20/h4-7,14H,3,8-12H2,1-2H3,(H,23,25). The molecule has 1 aromatic carbocycles. The summed E-state index contributed by atoms with van der Waals surface area (Å²) in [5.74, 6) is -0.261. The van der Waals surface area contributed by atoms with Gasteiger partial charge in [-0.25, -0.2) is 14.2 Å². The fourth-order valence-corrected chi connectivity index (χ4v) is 4.83. The number of thiazole rings is 1. The van der Waals surface area contributed by atoms with E-state index in [1.165, 1.54) is 29.9 Å². The normalized spacial score (nSPS) is 19.6. The van der Waals surface area contributed by atoms with Gasteiger partial charge in [0.05, 0.1) is 35.4 Å². The molecule has 4 rings (SSSR count). The Morgan fingerprint density at radius 1 is 1.37 bits per heavy atom. The number of aromatic nitrogens is 1. The van der Waals surface area contributed by atoms with Crippen LogP contribution in [0.25, 0.3) is 10.6 Å². The van der Waals surface area contributed by atoms with Crippen molar-refractivity contribution in [2.45, 2.75) is 44.8 Å². The molecule has 1 aromatic heterocycles. The fourth-order valence-electron chi connectivity index (χ4n) is 3.76. The molecule has 1 spiro atoms. The Hall–Kier alpha value is -1.99. The Bertz CT molecular complexity index is 832. The van der Waals surface area contributed by atoms with Crippen LogP contribution in [-0.2, 0) is 4.74 Å². The second kappa shape index (κ2) is 7.20. The third kappa shape index (κ3) is 3.71. The van der Waals surface area contributed by atoms with Crippen LogP contribution in [0.15, 0.2) is 24.3 Å². The molecule has 1 aliphatic heterocycles. The van der Waals surface area contributed by atoms with Crippen molar-refractivity contribution in [2.24, 2.45) is 0 Å². The highest BCUT2D eigenvalue weighted by atomic mass is 32.1. The number of urea groups is 1. The zero-order valence-corrected chi connectivity index (χ0v) is 16.4. The second-order valence-electron chi connectivity index (χ2n) is 7.45. The van der Waals surface area contributed by atoms with Crippen LogP contribution >= 0.6 is 11.3 Å². The molecule has 1 N–H and O–H groups in total. The molecule has 2 amide bonds. The van der Waals surface area contributed by atoms with Gasteiger partial charge < -0.3 is 15.0 Å². The minimum atomic E-state index is -0.261. The molecule has 27 heavy (non-hydrogen) atoms. The summed E-state index contributed by atoms with van der Waals surface area (Å²) < 4.78 is 19.0. The number of nitrogens with one attached hydrogen (secondary N) is 1. The molecule has 1 aliphatic carbocycles. The molecule has 1 unspecified atom stereocenters. The van der Waals surface area contributed by atoms with E-state index in [1.807, 2.05) is 18.7 Å². The van der Waals surface area contributed by atoms with Crippen LogP contribution in [0.5, 0.6) is 0 Å². The fraction of sp³-hybridized carbons (Fsp3) is 0.500. The van der Waals surface area contributed by atoms with E-state index in [4.69, 9.17) is 4.74 Å². The first-order valence-electron chi connectivity index (χ1n) is 9.38. The summed E-state index contributed by atoms with van der Waals surface area (Å²) in [5, 5.41) is 3.94. The molecule has 7 heteroatoms. The van der Waals surface area contributed by atoms with E-state index in [0.717, 1.165) is 34.0 Å². The third-order valence-electron chi connectivity index (χ3n) is 5.46. The molecule has 2 fully saturated rings. The number of rotatable bonds is 3. The van der Waals surface area contributed by atoms with E-state index in [9.17, 15) is 9.18 Å². The first-order valence-corrected chi connectivity index (χ1v) is 10.2. The van der Waals surface area contributed by atoms with Gasteiger partial charge in [-0.05, 0) is 57.4 Å². The number of benzene rings is 1. The van der Waals surface area contributed by atoms with E-state index >= 15 is 0 Å². The van der Waals surface area contributed by atoms with Crippen molar-refractivity contribution in [3.05, 3.63) is 40.7 Å². The van der Waals surface area contributed by atoms with Gasteiger partial charge in [-0.15, -0.1) is 11.3 Å². The first kappa shape index (κ1) is 18.4. The lowest BCUT2D eigenvalue weighted by molar-refractivity contribution is -0.141. The molecule has 144 valence electrons. The number of ether oxygens (including phenoxy) is 1. The molecule has 2 aromatic rings. The zero-order valence-electron chi connectivity index (χ0n) is 15.6. The predicted octanol–water partition coefficient (Wildman–Crippen LogP) is 4.28. The summed E-state index contributed by atoms with van der Waals surface area (Å²) in [4.78, 5) is 20.2. The molecule has 0 radical (unpaired) electrons. The predicted molar refractivity (Wildman–Crippen MR) is 103 cm³/mol. The second-order valence-corrected chi connectivity index (χ2v) is 8.48. The summed E-state index contributed by atoms with van der Waals surface area (Å²) >= 11 is 1.54. The average molecular weight is 389 g/mol. The highest BCUT2D eigenvalue weighted by Crippen LogP contribution is 2.38. The largest absolute Gasteiger partial charge is 0.371 e. The number of amides is 2. The van der Waals surface area contributed by atoms with Gasteiger partial charge in [-0.2, -0.15) is 0 Å². The molecular formula is C20H24FN3O2S. The zero-order chi connectivity index (χ0) is 19.0. The average Bonchev–Trinajstić information content (AvgIpc) is 3.03. The molecule has 1 atom stereocenters. The van der Waals surface area contributed by atoms with Crippen molar-refractivity contribution >= 4 is 17.4 Å². The van der Waals surface area contributed by atoms with E-state index in [-0.39, 0.29) is 23.5 Å². The molecular weight excluding hydrogens is 365 g/mol. The van der Waals surface area contributed by atoms with Crippen molar-refractivity contribution in [3.8, 4) is 10.6 Å². The van der Waals surface area contributed by atoms with Gasteiger partial charge in [0.15, 0.2) is 0 Å². The molecule has 2 heterocycles. The van der Waals surface area contributed by atoms with Gasteiger partial charge in [-0.3, -0.25) is 0 Å². The Labute approximate surface area is 162 Å². The molecule has 1 saturated heterocycles. The highest BCUT2D eigenvalue weighted by Gasteiger charge is 2.43. The van der Waals surface area contributed by atoms with Gasteiger partial charge in [0.1, 0.15) is 10.8 Å². The summed E-state index contributed by atoms with van der Waals surface area (Å²) in [6.07, 6.45) is 3.26. The van der Waals surface area contributed by atoms with Gasteiger partial charge in [0.2, 0.25) is 0 Å². The van der Waals surface area contributed by atoms with Gasteiger partial charge >= 0.3 is 6.03 Å². The van der Waals surface area contributed by atoms with E-state index in [1.54, 1.807) is 12.1 Å². The monoisotopic (exact) mass is 389 g/mol. The number of carbonyl (C=O) groups excluding carboxylic acids is 1. The Balaban J connectivity index is 1.44. The lowest BCUT2D eigenvalue weighted by Gasteiger charge is -2.48. The quantitative estimate of drug-likeness (QED) is 0.852. The number of hydrogen-bond acceptors (Lipinski definition) is 4. The van der Waals surface area contributed by atoms with Gasteiger partial charge in [0, 0.05) is 12.1 Å². The summed E-state index contributed by atoms with van der Waals surface area (Å²) in [6, 6.07) is 6.15. The smallest absolute Gasteiger partial charge is 0.318 e. The first-order chi connectivity index (χ1) is 13.0. The number of nitrogens with zero attached hydrogens (tertiary/aromatic N) is 2. The minimum Gasteiger partial charge on any atom is -0.371 e. The molecule has 0 bridgehead atoms. The maximum Gasteiger partial charge on any atom is 0.318 e. The van der Waals surface area contributed by atoms with E-state index in [0.29, 0.717) is 19.7 Å². The topological polar surface area (TPSA) is 54.5 Å².